The lowest BCUT2D eigenvalue weighted by Crippen LogP contribution is -2.21. The first-order valence-electron chi connectivity index (χ1n) is 11.6. The Morgan fingerprint density at radius 2 is 1.34 bits per heavy atom. The van der Waals surface area contributed by atoms with Crippen LogP contribution < -0.4 is 9.96 Å². The van der Waals surface area contributed by atoms with Crippen molar-refractivity contribution in [3.05, 3.63) is 125 Å². The molecule has 1 heterocycles. The van der Waals surface area contributed by atoms with Crippen molar-refractivity contribution in [3.63, 3.8) is 0 Å². The normalized spacial score (nSPS) is 13.5. The van der Waals surface area contributed by atoms with E-state index in [0.717, 1.165) is 55.0 Å². The van der Waals surface area contributed by atoms with Gasteiger partial charge in [0.05, 0.1) is 7.11 Å². The van der Waals surface area contributed by atoms with E-state index in [4.69, 9.17) is 9.15 Å². The summed E-state index contributed by atoms with van der Waals surface area (Å²) in [6.45, 7) is 0. The molecule has 0 bridgehead atoms. The van der Waals surface area contributed by atoms with Crippen LogP contribution in [-0.2, 0) is 4.79 Å². The van der Waals surface area contributed by atoms with Crippen LogP contribution in [-0.4, -0.2) is 12.9 Å². The van der Waals surface area contributed by atoms with Crippen LogP contribution in [0.15, 0.2) is 108 Å². The first kappa shape index (κ1) is 19.8. The molecule has 4 aromatic carbocycles. The average molecular weight is 453 g/mol. The molecule has 3 nitrogen and oxygen atoms in total. The average Bonchev–Trinajstić information content (AvgIpc) is 3.26. The molecule has 1 aliphatic heterocycles. The zero-order chi connectivity index (χ0) is 23.5. The number of ketones is 1. The van der Waals surface area contributed by atoms with Gasteiger partial charge in [-0.1, -0.05) is 78.9 Å². The third kappa shape index (κ3) is 2.75. The van der Waals surface area contributed by atoms with E-state index >= 15 is 0 Å². The fraction of sp³-hybridized carbons (Fsp3) is 0.0312. The first-order valence-corrected chi connectivity index (χ1v) is 11.6. The topological polar surface area (TPSA) is 39.4 Å². The zero-order valence-electron chi connectivity index (χ0n) is 19.0. The molecule has 0 fully saturated rings. The van der Waals surface area contributed by atoms with Gasteiger partial charge in [0.1, 0.15) is 5.58 Å². The van der Waals surface area contributed by atoms with Crippen LogP contribution in [0.25, 0.3) is 44.2 Å². The van der Waals surface area contributed by atoms with Gasteiger partial charge in [0, 0.05) is 27.3 Å². The number of benzene rings is 4. The fourth-order valence-electron chi connectivity index (χ4n) is 5.47. The Balaban J connectivity index is 1.78. The minimum atomic E-state index is 0.00632. The van der Waals surface area contributed by atoms with Gasteiger partial charge < -0.3 is 9.15 Å². The highest BCUT2D eigenvalue weighted by Gasteiger charge is 2.32. The number of carbonyl (C=O) groups excluding carboxylic acids is 1. The summed E-state index contributed by atoms with van der Waals surface area (Å²) in [4.78, 5) is 13.8. The molecule has 0 spiro atoms. The zero-order valence-corrected chi connectivity index (χ0v) is 19.0. The molecule has 0 saturated carbocycles. The molecule has 0 unspecified atom stereocenters. The summed E-state index contributed by atoms with van der Waals surface area (Å²) in [5.41, 5.74) is 8.18. The van der Waals surface area contributed by atoms with Gasteiger partial charge in [-0.15, -0.1) is 0 Å². The van der Waals surface area contributed by atoms with E-state index < -0.39 is 0 Å². The van der Waals surface area contributed by atoms with Gasteiger partial charge >= 0.3 is 0 Å². The molecule has 35 heavy (non-hydrogen) atoms. The van der Waals surface area contributed by atoms with Crippen LogP contribution in [0.4, 0.5) is 0 Å². The summed E-state index contributed by atoms with van der Waals surface area (Å²) in [7, 11) is 1.66. The van der Waals surface area contributed by atoms with Crippen molar-refractivity contribution < 1.29 is 13.9 Å². The monoisotopic (exact) mass is 452 g/mol. The quantitative estimate of drug-likeness (QED) is 0.283. The largest absolute Gasteiger partial charge is 0.493 e. The Morgan fingerprint density at radius 3 is 2.09 bits per heavy atom. The number of fused-ring (bicyclic) bond motifs is 5. The summed E-state index contributed by atoms with van der Waals surface area (Å²) in [6, 6.07) is 32.1. The Bertz CT molecular complexity index is 1820. The molecule has 0 saturated heterocycles. The third-order valence-corrected chi connectivity index (χ3v) is 6.92. The number of ether oxygens (including phenoxy) is 1. The van der Waals surface area contributed by atoms with Crippen molar-refractivity contribution in [2.75, 3.05) is 7.11 Å². The number of carbonyl (C=O) groups is 1. The molecule has 7 rings (SSSR count). The van der Waals surface area contributed by atoms with Crippen molar-refractivity contribution in [3.8, 4) is 16.9 Å². The van der Waals surface area contributed by atoms with Crippen LogP contribution >= 0.6 is 0 Å². The van der Waals surface area contributed by atoms with E-state index in [1.54, 1.807) is 13.2 Å². The number of methoxy groups -OCH3 is 1. The van der Waals surface area contributed by atoms with Crippen LogP contribution in [0.2, 0.25) is 0 Å². The van der Waals surface area contributed by atoms with Crippen LogP contribution in [0, 0.1) is 0 Å². The van der Waals surface area contributed by atoms with Gasteiger partial charge in [-0.25, -0.2) is 0 Å². The SMILES string of the molecule is COc1ccc2c3c1oc1ccccc1c-3c1c2=C(c2ccccc2)C(=O)C=C1c1ccccc1. The molecule has 0 amide bonds. The standard InChI is InChI=1S/C32H20O3/c1-34-26-17-16-22-29-27(20-12-6-3-7-13-20)24(33)18-23(19-10-4-2-5-11-19)30(29)28-21-14-8-9-15-25(21)35-32(26)31(22)28/h2-18H,1H3. The molecule has 0 radical (unpaired) electrons. The maximum absolute atomic E-state index is 13.8. The van der Waals surface area contributed by atoms with Crippen molar-refractivity contribution >= 4 is 38.9 Å². The molecule has 0 aromatic heterocycles. The van der Waals surface area contributed by atoms with E-state index in [2.05, 4.69) is 24.3 Å². The summed E-state index contributed by atoms with van der Waals surface area (Å²) in [5, 5.41) is 2.97. The van der Waals surface area contributed by atoms with Gasteiger partial charge in [0.25, 0.3) is 0 Å². The summed E-state index contributed by atoms with van der Waals surface area (Å²) in [5.74, 6) is 0.681. The fourth-order valence-corrected chi connectivity index (χ4v) is 5.47. The van der Waals surface area contributed by atoms with E-state index in [9.17, 15) is 4.79 Å². The predicted molar refractivity (Wildman–Crippen MR) is 140 cm³/mol. The number of hydrogen-bond donors (Lipinski definition) is 0. The lowest BCUT2D eigenvalue weighted by Gasteiger charge is -2.18. The molecule has 2 aliphatic carbocycles. The molecular weight excluding hydrogens is 432 g/mol. The van der Waals surface area contributed by atoms with Gasteiger partial charge in [0.2, 0.25) is 0 Å². The molecule has 166 valence electrons. The first-order chi connectivity index (χ1) is 17.3. The maximum Gasteiger partial charge on any atom is 0.187 e. The van der Waals surface area contributed by atoms with Crippen molar-refractivity contribution in [1.29, 1.82) is 0 Å². The highest BCUT2D eigenvalue weighted by atomic mass is 16.5. The van der Waals surface area contributed by atoms with Gasteiger partial charge in [0.15, 0.2) is 17.1 Å². The lowest BCUT2D eigenvalue weighted by atomic mass is 9.85. The van der Waals surface area contributed by atoms with Gasteiger partial charge in [-0.05, 0) is 51.9 Å². The molecule has 0 N–H and O–H groups in total. The second-order valence-corrected chi connectivity index (χ2v) is 8.77. The van der Waals surface area contributed by atoms with Crippen LogP contribution in [0.5, 0.6) is 5.75 Å². The van der Waals surface area contributed by atoms with E-state index in [0.29, 0.717) is 16.9 Å². The minimum absolute atomic E-state index is 0.00632. The molecule has 3 aliphatic rings. The number of hydrogen-bond acceptors (Lipinski definition) is 3. The summed E-state index contributed by atoms with van der Waals surface area (Å²) < 4.78 is 12.1. The van der Waals surface area contributed by atoms with Crippen molar-refractivity contribution in [2.24, 2.45) is 0 Å². The maximum atomic E-state index is 13.8. The van der Waals surface area contributed by atoms with E-state index in [-0.39, 0.29) is 5.78 Å². The van der Waals surface area contributed by atoms with Crippen LogP contribution in [0.3, 0.4) is 0 Å². The second-order valence-electron chi connectivity index (χ2n) is 8.77. The highest BCUT2D eigenvalue weighted by molar-refractivity contribution is 6.33. The summed E-state index contributed by atoms with van der Waals surface area (Å²) >= 11 is 0. The minimum Gasteiger partial charge on any atom is -0.493 e. The van der Waals surface area contributed by atoms with E-state index in [1.807, 2.05) is 72.8 Å². The Kier molecular flexibility index (Phi) is 4.21. The number of allylic oxidation sites excluding steroid dienone is 1. The van der Waals surface area contributed by atoms with Crippen LogP contribution in [0.1, 0.15) is 16.7 Å². The second kappa shape index (κ2) is 7.44. The molecule has 0 atom stereocenters. The lowest BCUT2D eigenvalue weighted by molar-refractivity contribution is -0.109. The van der Waals surface area contributed by atoms with Crippen molar-refractivity contribution in [2.45, 2.75) is 0 Å². The highest BCUT2D eigenvalue weighted by Crippen LogP contribution is 2.48. The smallest absolute Gasteiger partial charge is 0.187 e. The summed E-state index contributed by atoms with van der Waals surface area (Å²) in [6.07, 6.45) is 1.80. The predicted octanol–water partition coefficient (Wildman–Crippen LogP) is 6.63. The Hall–Kier alpha value is -4.63. The molecule has 3 heteroatoms. The Morgan fingerprint density at radius 1 is 0.657 bits per heavy atom. The van der Waals surface area contributed by atoms with E-state index in [1.165, 1.54) is 0 Å². The number of rotatable bonds is 3. The number of para-hydroxylation sites is 1. The van der Waals surface area contributed by atoms with Gasteiger partial charge in [-0.3, -0.25) is 4.79 Å². The molecular formula is C32H20O3. The van der Waals surface area contributed by atoms with Gasteiger partial charge in [-0.2, -0.15) is 0 Å². The van der Waals surface area contributed by atoms with Crippen molar-refractivity contribution in [1.82, 2.24) is 0 Å². The molecule has 4 aromatic rings. The Labute approximate surface area is 201 Å². The third-order valence-electron chi connectivity index (χ3n) is 6.92.